The number of phenols is 1. The van der Waals surface area contributed by atoms with E-state index in [2.05, 4.69) is 17.6 Å². The minimum atomic E-state index is -0.252. The Morgan fingerprint density at radius 3 is 2.30 bits per heavy atom. The van der Waals surface area contributed by atoms with Crippen molar-refractivity contribution in [3.05, 3.63) is 52.9 Å². The maximum Gasteiger partial charge on any atom is 0.116 e. The molecule has 0 fully saturated rings. The van der Waals surface area contributed by atoms with Gasteiger partial charge in [0.25, 0.3) is 0 Å². The fourth-order valence-electron chi connectivity index (χ4n) is 2.09. The van der Waals surface area contributed by atoms with E-state index in [4.69, 9.17) is 10.8 Å². The molecule has 1 atom stereocenters. The third kappa shape index (κ3) is 7.15. The largest absolute Gasteiger partial charge is 0.513 e. The van der Waals surface area contributed by atoms with E-state index < -0.39 is 0 Å². The SMILES string of the molecule is C=C(C)O.CC.Cc1cc(O)cc(C(N)C2=CCCC=N2)c1C. The summed E-state index contributed by atoms with van der Waals surface area (Å²) in [6, 6.07) is 3.24. The Hall–Kier alpha value is -2.07. The second-order valence-electron chi connectivity index (χ2n) is 5.21. The number of aromatic hydroxyl groups is 1. The molecule has 0 aromatic heterocycles. The predicted octanol–water partition coefficient (Wildman–Crippen LogP) is 4.86. The normalized spacial score (nSPS) is 13.7. The van der Waals surface area contributed by atoms with E-state index in [-0.39, 0.29) is 17.6 Å². The molecule has 4 N–H and O–H groups in total. The van der Waals surface area contributed by atoms with Crippen LogP contribution in [0.25, 0.3) is 0 Å². The Morgan fingerprint density at radius 1 is 1.26 bits per heavy atom. The van der Waals surface area contributed by atoms with Gasteiger partial charge < -0.3 is 15.9 Å². The third-order valence-corrected chi connectivity index (χ3v) is 3.24. The van der Waals surface area contributed by atoms with Gasteiger partial charge in [-0.05, 0) is 62.4 Å². The summed E-state index contributed by atoms with van der Waals surface area (Å²) in [5, 5.41) is 17.5. The smallest absolute Gasteiger partial charge is 0.116 e. The number of nitrogens with two attached hydrogens (primary N) is 1. The number of hydrogen-bond acceptors (Lipinski definition) is 4. The van der Waals surface area contributed by atoms with Gasteiger partial charge in [-0.1, -0.05) is 26.5 Å². The average Bonchev–Trinajstić information content (AvgIpc) is 2.52. The number of phenolic OH excluding ortho intramolecular Hbond substituents is 1. The molecule has 0 aliphatic carbocycles. The summed E-state index contributed by atoms with van der Waals surface area (Å²) in [5.74, 6) is 0.430. The van der Waals surface area contributed by atoms with Crippen LogP contribution in [-0.2, 0) is 0 Å². The molecule has 4 nitrogen and oxygen atoms in total. The molecule has 0 radical (unpaired) electrons. The van der Waals surface area contributed by atoms with Crippen LogP contribution in [0.3, 0.4) is 0 Å². The van der Waals surface area contributed by atoms with Crippen LogP contribution in [0.15, 0.2) is 41.2 Å². The molecule has 4 heteroatoms. The third-order valence-electron chi connectivity index (χ3n) is 3.24. The van der Waals surface area contributed by atoms with Crippen molar-refractivity contribution >= 4 is 6.21 Å². The summed E-state index contributed by atoms with van der Waals surface area (Å²) in [4.78, 5) is 4.34. The number of aliphatic hydroxyl groups excluding tert-OH is 1. The standard InChI is InChI=1S/C14H18N2O.C3H6O.C2H6/c1-9-7-11(17)8-12(10(9)2)14(15)13-5-3-4-6-16-13;1-3(2)4;1-2/h5-8,14,17H,3-4,15H2,1-2H3;4H,1H2,2H3;1-2H3. The van der Waals surface area contributed by atoms with Crippen molar-refractivity contribution in [3.8, 4) is 5.75 Å². The van der Waals surface area contributed by atoms with Gasteiger partial charge in [-0.25, -0.2) is 0 Å². The van der Waals surface area contributed by atoms with E-state index in [0.717, 1.165) is 35.2 Å². The first-order chi connectivity index (χ1) is 10.8. The number of rotatable bonds is 2. The molecule has 0 saturated carbocycles. The first-order valence-electron chi connectivity index (χ1n) is 7.95. The molecule has 0 spiro atoms. The van der Waals surface area contributed by atoms with Crippen LogP contribution in [0.4, 0.5) is 0 Å². The van der Waals surface area contributed by atoms with Crippen LogP contribution < -0.4 is 5.73 Å². The van der Waals surface area contributed by atoms with Crippen LogP contribution in [-0.4, -0.2) is 16.4 Å². The highest BCUT2D eigenvalue weighted by molar-refractivity contribution is 5.61. The van der Waals surface area contributed by atoms with Gasteiger partial charge in [-0.3, -0.25) is 4.99 Å². The second-order valence-corrected chi connectivity index (χ2v) is 5.21. The van der Waals surface area contributed by atoms with Crippen LogP contribution in [0.5, 0.6) is 5.75 Å². The van der Waals surface area contributed by atoms with Crippen LogP contribution in [0.2, 0.25) is 0 Å². The van der Waals surface area contributed by atoms with E-state index in [0.29, 0.717) is 0 Å². The van der Waals surface area contributed by atoms with Crippen molar-refractivity contribution in [2.45, 2.75) is 53.5 Å². The Bertz CT molecular complexity index is 571. The Morgan fingerprint density at radius 2 is 1.83 bits per heavy atom. The lowest BCUT2D eigenvalue weighted by Gasteiger charge is -2.19. The number of aliphatic imine (C=N–C) groups is 1. The van der Waals surface area contributed by atoms with Gasteiger partial charge in [0.2, 0.25) is 0 Å². The van der Waals surface area contributed by atoms with Crippen molar-refractivity contribution in [1.29, 1.82) is 0 Å². The van der Waals surface area contributed by atoms with Gasteiger partial charge in [0.15, 0.2) is 0 Å². The van der Waals surface area contributed by atoms with E-state index in [1.807, 2.05) is 33.9 Å². The summed E-state index contributed by atoms with van der Waals surface area (Å²) >= 11 is 0. The van der Waals surface area contributed by atoms with Crippen LogP contribution in [0, 0.1) is 13.8 Å². The van der Waals surface area contributed by atoms with Gasteiger partial charge in [-0.15, -0.1) is 0 Å². The van der Waals surface area contributed by atoms with Crippen molar-refractivity contribution in [3.63, 3.8) is 0 Å². The highest BCUT2D eigenvalue weighted by Crippen LogP contribution is 2.29. The number of aryl methyl sites for hydroxylation is 1. The van der Waals surface area contributed by atoms with E-state index in [1.165, 1.54) is 6.92 Å². The highest BCUT2D eigenvalue weighted by Gasteiger charge is 2.16. The molecule has 23 heavy (non-hydrogen) atoms. The van der Waals surface area contributed by atoms with Crippen LogP contribution in [0.1, 0.15) is 56.3 Å². The molecular weight excluding hydrogens is 288 g/mol. The van der Waals surface area contributed by atoms with E-state index >= 15 is 0 Å². The molecule has 1 aromatic rings. The highest BCUT2D eigenvalue weighted by atomic mass is 16.3. The van der Waals surface area contributed by atoms with Crippen molar-refractivity contribution in [1.82, 2.24) is 0 Å². The van der Waals surface area contributed by atoms with Crippen molar-refractivity contribution in [2.24, 2.45) is 10.7 Å². The summed E-state index contributed by atoms with van der Waals surface area (Å²) < 4.78 is 0. The van der Waals surface area contributed by atoms with Crippen molar-refractivity contribution < 1.29 is 10.2 Å². The quantitative estimate of drug-likeness (QED) is 0.681. The number of nitrogens with zero attached hydrogens (tertiary/aromatic N) is 1. The minimum Gasteiger partial charge on any atom is -0.513 e. The lowest BCUT2D eigenvalue weighted by molar-refractivity contribution is 0.417. The summed E-state index contributed by atoms with van der Waals surface area (Å²) in [7, 11) is 0. The molecule has 0 saturated heterocycles. The topological polar surface area (TPSA) is 78.8 Å². The average molecular weight is 318 g/mol. The van der Waals surface area contributed by atoms with Crippen molar-refractivity contribution in [2.75, 3.05) is 0 Å². The molecule has 1 aliphatic rings. The maximum absolute atomic E-state index is 9.65. The summed E-state index contributed by atoms with van der Waals surface area (Å²) in [5.41, 5.74) is 10.2. The molecule has 128 valence electrons. The second kappa shape index (κ2) is 10.6. The van der Waals surface area contributed by atoms with E-state index in [9.17, 15) is 5.11 Å². The number of hydrogen-bond donors (Lipinski definition) is 3. The molecule has 0 bridgehead atoms. The zero-order valence-corrected chi connectivity index (χ0v) is 14.9. The lowest BCUT2D eigenvalue weighted by atomic mass is 9.94. The Labute approximate surface area is 140 Å². The Kier molecular flexibility index (Phi) is 9.67. The fourth-order valence-corrected chi connectivity index (χ4v) is 2.09. The molecule has 2 rings (SSSR count). The predicted molar refractivity (Wildman–Crippen MR) is 99.1 cm³/mol. The molecule has 1 aliphatic heterocycles. The monoisotopic (exact) mass is 318 g/mol. The van der Waals surface area contributed by atoms with Gasteiger partial charge in [0.05, 0.1) is 17.5 Å². The maximum atomic E-state index is 9.65. The first-order valence-corrected chi connectivity index (χ1v) is 7.95. The first kappa shape index (κ1) is 20.9. The van der Waals surface area contributed by atoms with Gasteiger partial charge in [0, 0.05) is 6.21 Å². The number of aliphatic hydroxyl groups is 1. The number of benzene rings is 1. The molecule has 1 heterocycles. The van der Waals surface area contributed by atoms with E-state index in [1.54, 1.807) is 12.1 Å². The zero-order chi connectivity index (χ0) is 18.0. The fraction of sp³-hybridized carbons (Fsp3) is 0.421. The zero-order valence-electron chi connectivity index (χ0n) is 14.9. The summed E-state index contributed by atoms with van der Waals surface area (Å²) in [6.07, 6.45) is 5.95. The van der Waals surface area contributed by atoms with Gasteiger partial charge in [0.1, 0.15) is 5.75 Å². The van der Waals surface area contributed by atoms with Gasteiger partial charge in [-0.2, -0.15) is 0 Å². The van der Waals surface area contributed by atoms with Gasteiger partial charge >= 0.3 is 0 Å². The van der Waals surface area contributed by atoms with Crippen LogP contribution >= 0.6 is 0 Å². The Balaban J connectivity index is 0.000000705. The minimum absolute atomic E-state index is 0.167. The lowest BCUT2D eigenvalue weighted by Crippen LogP contribution is -2.15. The molecule has 1 aromatic carbocycles. The number of allylic oxidation sites excluding steroid dienone is 2. The molecule has 1 unspecified atom stereocenters. The molecule has 0 amide bonds. The molecular formula is C19H30N2O2. The summed E-state index contributed by atoms with van der Waals surface area (Å²) in [6.45, 7) is 12.6.